The molecule has 0 saturated heterocycles. The van der Waals surface area contributed by atoms with Crippen molar-refractivity contribution in [2.75, 3.05) is 32.9 Å². The molecule has 0 aliphatic rings. The third-order valence-electron chi connectivity index (χ3n) is 6.36. The number of amides is 1. The number of carboxylic acids is 1. The quantitative estimate of drug-likeness (QED) is 0.229. The van der Waals surface area contributed by atoms with Gasteiger partial charge in [-0.05, 0) is 74.2 Å². The largest absolute Gasteiger partial charge is 0.492 e. The van der Waals surface area contributed by atoms with Crippen LogP contribution in [-0.2, 0) is 27.3 Å². The van der Waals surface area contributed by atoms with Crippen molar-refractivity contribution in [2.24, 2.45) is 0 Å². The number of benzene rings is 3. The zero-order chi connectivity index (χ0) is 29.8. The van der Waals surface area contributed by atoms with Crippen molar-refractivity contribution in [3.8, 4) is 11.5 Å². The molecule has 41 heavy (non-hydrogen) atoms. The summed E-state index contributed by atoms with van der Waals surface area (Å²) in [4.78, 5) is 26.1. The molecule has 0 aliphatic heterocycles. The fourth-order valence-electron chi connectivity index (χ4n) is 4.35. The minimum Gasteiger partial charge on any atom is -0.492 e. The van der Waals surface area contributed by atoms with Gasteiger partial charge in [-0.15, -0.1) is 0 Å². The van der Waals surface area contributed by atoms with Gasteiger partial charge in [0, 0.05) is 19.6 Å². The molecule has 0 radical (unpaired) electrons. The number of carboxylic acid groups (broad SMARTS) is 1. The highest BCUT2D eigenvalue weighted by Gasteiger charge is 2.20. The number of carbonyl (C=O) groups excluding carboxylic acids is 1. The first-order valence-corrected chi connectivity index (χ1v) is 13.6. The number of halogens is 1. The molecular formula is C32H38FNO7. The Bertz CT molecular complexity index is 1260. The number of hydrogen-bond acceptors (Lipinski definition) is 6. The lowest BCUT2D eigenvalue weighted by Crippen LogP contribution is -2.39. The summed E-state index contributed by atoms with van der Waals surface area (Å²) in [6.45, 7) is 9.11. The van der Waals surface area contributed by atoms with E-state index in [-0.39, 0.29) is 45.1 Å². The van der Waals surface area contributed by atoms with Gasteiger partial charge in [-0.2, -0.15) is 0 Å². The molecule has 0 aromatic heterocycles. The van der Waals surface area contributed by atoms with Gasteiger partial charge in [0.05, 0.1) is 19.8 Å². The molecule has 0 bridgehead atoms. The molecule has 0 saturated carbocycles. The molecule has 8 nitrogen and oxygen atoms in total. The lowest BCUT2D eigenvalue weighted by atomic mass is 10.1. The van der Waals surface area contributed by atoms with E-state index in [0.29, 0.717) is 18.1 Å². The van der Waals surface area contributed by atoms with Gasteiger partial charge in [0.15, 0.2) is 6.10 Å². The summed E-state index contributed by atoms with van der Waals surface area (Å²) in [5.41, 5.74) is 4.46. The predicted molar refractivity (Wildman–Crippen MR) is 153 cm³/mol. The molecule has 9 heteroatoms. The number of nitrogens with zero attached hydrogens (tertiary/aromatic N) is 1. The van der Waals surface area contributed by atoms with Crippen LogP contribution < -0.4 is 9.47 Å². The summed E-state index contributed by atoms with van der Waals surface area (Å²) in [5.74, 6) is -0.199. The third kappa shape index (κ3) is 10.2. The van der Waals surface area contributed by atoms with Gasteiger partial charge in [-0.1, -0.05) is 42.0 Å². The molecule has 3 aromatic carbocycles. The molecular weight excluding hydrogens is 529 g/mol. The van der Waals surface area contributed by atoms with Crippen LogP contribution in [0, 0.1) is 26.6 Å². The van der Waals surface area contributed by atoms with Gasteiger partial charge in [0.2, 0.25) is 0 Å². The van der Waals surface area contributed by atoms with Crippen molar-refractivity contribution in [2.45, 2.75) is 46.8 Å². The van der Waals surface area contributed by atoms with Crippen LogP contribution in [0.3, 0.4) is 0 Å². The normalized spacial score (nSPS) is 11.6. The van der Waals surface area contributed by atoms with E-state index in [1.54, 1.807) is 43.3 Å². The van der Waals surface area contributed by atoms with Gasteiger partial charge >= 0.3 is 12.1 Å². The Kier molecular flexibility index (Phi) is 12.1. The van der Waals surface area contributed by atoms with E-state index < -0.39 is 18.2 Å². The second kappa shape index (κ2) is 15.7. The fraction of sp³-hybridized carbons (Fsp3) is 0.375. The maximum atomic E-state index is 13.2. The Morgan fingerprint density at radius 3 is 2.12 bits per heavy atom. The first-order chi connectivity index (χ1) is 19.7. The summed E-state index contributed by atoms with van der Waals surface area (Å²) in [6, 6.07) is 17.1. The average molecular weight is 568 g/mol. The first-order valence-electron chi connectivity index (χ1n) is 13.6. The van der Waals surface area contributed by atoms with Crippen LogP contribution in [0.15, 0.2) is 60.7 Å². The van der Waals surface area contributed by atoms with Crippen LogP contribution in [-0.4, -0.2) is 61.1 Å². The summed E-state index contributed by atoms with van der Waals surface area (Å²) in [6.07, 6.45) is -1.17. The molecule has 0 spiro atoms. The summed E-state index contributed by atoms with van der Waals surface area (Å²) in [7, 11) is 0. The second-order valence-corrected chi connectivity index (χ2v) is 9.74. The molecule has 3 aromatic rings. The zero-order valence-corrected chi connectivity index (χ0v) is 24.0. The minimum absolute atomic E-state index is 0.203. The molecule has 1 amide bonds. The number of aryl methyl sites for hydroxylation is 3. The molecule has 0 fully saturated rings. The van der Waals surface area contributed by atoms with Crippen molar-refractivity contribution < 1.29 is 38.0 Å². The minimum atomic E-state index is -1.00. The van der Waals surface area contributed by atoms with E-state index in [2.05, 4.69) is 0 Å². The Balaban J connectivity index is 1.59. The van der Waals surface area contributed by atoms with Crippen LogP contribution in [0.2, 0.25) is 0 Å². The van der Waals surface area contributed by atoms with Crippen LogP contribution in [0.4, 0.5) is 9.18 Å². The number of aliphatic carboxylic acids is 1. The smallest absolute Gasteiger partial charge is 0.415 e. The van der Waals surface area contributed by atoms with Crippen molar-refractivity contribution >= 4 is 12.1 Å². The van der Waals surface area contributed by atoms with Crippen molar-refractivity contribution in [1.29, 1.82) is 0 Å². The van der Waals surface area contributed by atoms with Crippen LogP contribution in [0.5, 0.6) is 11.5 Å². The van der Waals surface area contributed by atoms with E-state index in [4.69, 9.17) is 18.9 Å². The predicted octanol–water partition coefficient (Wildman–Crippen LogP) is 5.88. The standard InChI is InChI=1S/C32H38FNO7/c1-5-39-29(31(35)36)20-25-8-12-28(13-9-25)40-17-15-34(14-16-38-21-26-6-10-27(33)11-7-26)32(37)41-30-23(3)18-22(2)19-24(30)4/h6-13,18-19,29H,5,14-17,20-21H2,1-4H3,(H,35,36). The van der Waals surface area contributed by atoms with E-state index >= 15 is 0 Å². The Morgan fingerprint density at radius 1 is 0.902 bits per heavy atom. The Morgan fingerprint density at radius 2 is 1.51 bits per heavy atom. The zero-order valence-electron chi connectivity index (χ0n) is 24.0. The molecule has 1 atom stereocenters. The maximum Gasteiger partial charge on any atom is 0.415 e. The Labute approximate surface area is 240 Å². The van der Waals surface area contributed by atoms with Gasteiger partial charge < -0.3 is 29.0 Å². The molecule has 220 valence electrons. The van der Waals surface area contributed by atoms with E-state index in [9.17, 15) is 19.1 Å². The van der Waals surface area contributed by atoms with Gasteiger partial charge in [-0.25, -0.2) is 14.0 Å². The van der Waals surface area contributed by atoms with Gasteiger partial charge in [0.25, 0.3) is 0 Å². The van der Waals surface area contributed by atoms with E-state index in [0.717, 1.165) is 27.8 Å². The highest BCUT2D eigenvalue weighted by molar-refractivity contribution is 5.73. The molecule has 0 aliphatic carbocycles. The van der Waals surface area contributed by atoms with Gasteiger partial charge in [0.1, 0.15) is 23.9 Å². The maximum absolute atomic E-state index is 13.2. The van der Waals surface area contributed by atoms with Crippen LogP contribution in [0.25, 0.3) is 0 Å². The van der Waals surface area contributed by atoms with Crippen molar-refractivity contribution in [3.63, 3.8) is 0 Å². The van der Waals surface area contributed by atoms with Crippen LogP contribution in [0.1, 0.15) is 34.7 Å². The average Bonchev–Trinajstić information content (AvgIpc) is 2.93. The lowest BCUT2D eigenvalue weighted by Gasteiger charge is -2.23. The SMILES string of the molecule is CCOC(Cc1ccc(OCCN(CCOCc2ccc(F)cc2)C(=O)Oc2c(C)cc(C)cc2C)cc1)C(=O)O. The molecule has 1 N–H and O–H groups in total. The van der Waals surface area contributed by atoms with Crippen LogP contribution >= 0.6 is 0 Å². The van der Waals surface area contributed by atoms with Crippen molar-refractivity contribution in [3.05, 3.63) is 94.3 Å². The van der Waals surface area contributed by atoms with E-state index in [1.165, 1.54) is 17.0 Å². The van der Waals surface area contributed by atoms with Crippen molar-refractivity contribution in [1.82, 2.24) is 4.90 Å². The molecule has 1 unspecified atom stereocenters. The lowest BCUT2D eigenvalue weighted by molar-refractivity contribution is -0.149. The first kappa shape index (κ1) is 31.6. The summed E-state index contributed by atoms with van der Waals surface area (Å²) in [5, 5.41) is 9.30. The summed E-state index contributed by atoms with van der Waals surface area (Å²) >= 11 is 0. The second-order valence-electron chi connectivity index (χ2n) is 9.74. The summed E-state index contributed by atoms with van der Waals surface area (Å²) < 4.78 is 35.8. The number of hydrogen-bond donors (Lipinski definition) is 1. The van der Waals surface area contributed by atoms with Gasteiger partial charge in [-0.3, -0.25) is 0 Å². The Hall–Kier alpha value is -3.95. The fourth-order valence-corrected chi connectivity index (χ4v) is 4.35. The molecule has 0 heterocycles. The third-order valence-corrected chi connectivity index (χ3v) is 6.36. The number of carbonyl (C=O) groups is 2. The number of ether oxygens (including phenoxy) is 4. The monoisotopic (exact) mass is 567 g/mol. The van der Waals surface area contributed by atoms with E-state index in [1.807, 2.05) is 32.9 Å². The highest BCUT2D eigenvalue weighted by Crippen LogP contribution is 2.25. The highest BCUT2D eigenvalue weighted by atomic mass is 19.1. The number of rotatable bonds is 15. The topological polar surface area (TPSA) is 94.5 Å². The molecule has 3 rings (SSSR count).